The number of aryl methyl sites for hydroxylation is 2. The molecule has 0 aliphatic heterocycles. The molecule has 9 nitrogen and oxygen atoms in total. The van der Waals surface area contributed by atoms with Crippen molar-refractivity contribution in [2.24, 2.45) is 11.8 Å². The van der Waals surface area contributed by atoms with Crippen LogP contribution in [-0.4, -0.2) is 53.3 Å². The minimum atomic E-state index is -0.793. The Morgan fingerprint density at radius 3 is 2.41 bits per heavy atom. The number of hydrogen-bond donors (Lipinski definition) is 0. The Morgan fingerprint density at radius 1 is 1.04 bits per heavy atom. The molecular formula is C37H50N2O7. The average Bonchev–Trinajstić information content (AvgIpc) is 3.37. The summed E-state index contributed by atoms with van der Waals surface area (Å²) >= 11 is 0. The molecular weight excluding hydrogens is 584 g/mol. The number of ether oxygens (including phenoxy) is 4. The van der Waals surface area contributed by atoms with Crippen LogP contribution >= 0.6 is 0 Å². The highest BCUT2D eigenvalue weighted by Crippen LogP contribution is 2.31. The van der Waals surface area contributed by atoms with E-state index in [9.17, 15) is 9.59 Å². The van der Waals surface area contributed by atoms with Gasteiger partial charge in [-0.3, -0.25) is 4.90 Å². The molecule has 2 aromatic carbocycles. The van der Waals surface area contributed by atoms with Crippen LogP contribution in [0.5, 0.6) is 11.5 Å². The van der Waals surface area contributed by atoms with E-state index in [0.717, 1.165) is 48.3 Å². The zero-order valence-electron chi connectivity index (χ0n) is 28.6. The zero-order valence-corrected chi connectivity index (χ0v) is 28.6. The molecule has 1 heterocycles. The summed E-state index contributed by atoms with van der Waals surface area (Å²) in [6, 6.07) is 14.1. The number of carbonyl (C=O) groups excluding carboxylic acids is 2. The van der Waals surface area contributed by atoms with Gasteiger partial charge >= 0.3 is 12.1 Å². The fourth-order valence-corrected chi connectivity index (χ4v) is 5.91. The molecule has 46 heavy (non-hydrogen) atoms. The summed E-state index contributed by atoms with van der Waals surface area (Å²) in [7, 11) is 1.58. The largest absolute Gasteiger partial charge is 0.497 e. The number of esters is 1. The second-order valence-corrected chi connectivity index (χ2v) is 13.6. The van der Waals surface area contributed by atoms with Crippen molar-refractivity contribution in [1.82, 2.24) is 9.88 Å². The predicted molar refractivity (Wildman–Crippen MR) is 177 cm³/mol. The Balaban J connectivity index is 1.42. The third kappa shape index (κ3) is 9.82. The molecule has 0 N–H and O–H groups in total. The topological polar surface area (TPSA) is 100 Å². The summed E-state index contributed by atoms with van der Waals surface area (Å²) in [4.78, 5) is 33.3. The van der Waals surface area contributed by atoms with Crippen molar-refractivity contribution >= 4 is 12.1 Å². The van der Waals surface area contributed by atoms with Crippen LogP contribution in [0.1, 0.15) is 83.7 Å². The molecule has 1 fully saturated rings. The zero-order chi connectivity index (χ0) is 33.4. The number of benzene rings is 2. The van der Waals surface area contributed by atoms with E-state index in [1.54, 1.807) is 36.3 Å². The standard InChI is InChI=1S/C37H50N2O7/c1-24(2)33(35(40)46-37(5,6)7)39(36(41)45-30-17-15-29(42-8)16-18-30)20-19-27-12-10-14-31(22-27)43-23-32-26(4)44-34(38-32)28-13-9-11-25(3)21-28/h9,11,13,15-18,21,24,27,31,33H,10,12,14,19-20,22-23H2,1-8H3. The first-order valence-corrected chi connectivity index (χ1v) is 16.3. The molecule has 9 heteroatoms. The maximum absolute atomic E-state index is 13.7. The predicted octanol–water partition coefficient (Wildman–Crippen LogP) is 8.30. The Labute approximate surface area is 273 Å². The first-order chi connectivity index (χ1) is 21.8. The van der Waals surface area contributed by atoms with Crippen molar-refractivity contribution in [3.05, 3.63) is 65.5 Å². The summed E-state index contributed by atoms with van der Waals surface area (Å²) in [6.45, 7) is 14.0. The van der Waals surface area contributed by atoms with Crippen molar-refractivity contribution in [1.29, 1.82) is 0 Å². The smallest absolute Gasteiger partial charge is 0.415 e. The van der Waals surface area contributed by atoms with E-state index in [-0.39, 0.29) is 12.0 Å². The van der Waals surface area contributed by atoms with Gasteiger partial charge in [-0.15, -0.1) is 0 Å². The molecule has 0 bridgehead atoms. The SMILES string of the molecule is COc1ccc(OC(=O)N(CCC2CCCC(OCc3nc(-c4cccc(C)c4)oc3C)C2)C(C(=O)OC(C)(C)C)C(C)C)cc1. The summed E-state index contributed by atoms with van der Waals surface area (Å²) in [5, 5.41) is 0. The summed E-state index contributed by atoms with van der Waals surface area (Å²) < 4.78 is 29.1. The van der Waals surface area contributed by atoms with E-state index < -0.39 is 23.7 Å². The van der Waals surface area contributed by atoms with E-state index in [2.05, 4.69) is 6.07 Å². The number of nitrogens with zero attached hydrogens (tertiary/aromatic N) is 2. The molecule has 1 aliphatic rings. The molecule has 1 aromatic heterocycles. The molecule has 1 aliphatic carbocycles. The molecule has 0 radical (unpaired) electrons. The second kappa shape index (κ2) is 15.6. The minimum absolute atomic E-state index is 0.0729. The van der Waals surface area contributed by atoms with E-state index in [1.165, 1.54) is 0 Å². The summed E-state index contributed by atoms with van der Waals surface area (Å²) in [5.74, 6) is 2.10. The highest BCUT2D eigenvalue weighted by molar-refractivity contribution is 5.82. The molecule has 250 valence electrons. The third-order valence-corrected chi connectivity index (χ3v) is 8.24. The lowest BCUT2D eigenvalue weighted by Crippen LogP contribution is -2.51. The molecule has 3 unspecified atom stereocenters. The van der Waals surface area contributed by atoms with Gasteiger partial charge in [-0.05, 0) is 102 Å². The van der Waals surface area contributed by atoms with Gasteiger partial charge in [0.1, 0.15) is 34.6 Å². The van der Waals surface area contributed by atoms with E-state index in [0.29, 0.717) is 42.9 Å². The molecule has 3 atom stereocenters. The van der Waals surface area contributed by atoms with Gasteiger partial charge in [0.05, 0.1) is 19.8 Å². The quantitative estimate of drug-likeness (QED) is 0.184. The van der Waals surface area contributed by atoms with Crippen molar-refractivity contribution in [2.45, 2.75) is 105 Å². The summed E-state index contributed by atoms with van der Waals surface area (Å²) in [6.07, 6.45) is 4.09. The van der Waals surface area contributed by atoms with Crippen LogP contribution in [0.4, 0.5) is 4.79 Å². The van der Waals surface area contributed by atoms with Gasteiger partial charge in [0.25, 0.3) is 0 Å². The van der Waals surface area contributed by atoms with Crippen molar-refractivity contribution in [2.75, 3.05) is 13.7 Å². The molecule has 0 saturated heterocycles. The lowest BCUT2D eigenvalue weighted by Gasteiger charge is -2.36. The van der Waals surface area contributed by atoms with Gasteiger partial charge in [-0.25, -0.2) is 14.6 Å². The van der Waals surface area contributed by atoms with Crippen LogP contribution in [0, 0.1) is 25.7 Å². The summed E-state index contributed by atoms with van der Waals surface area (Å²) in [5.41, 5.74) is 2.22. The van der Waals surface area contributed by atoms with Crippen LogP contribution in [0.15, 0.2) is 52.9 Å². The first kappa shape index (κ1) is 35.0. The minimum Gasteiger partial charge on any atom is -0.497 e. The fourth-order valence-electron chi connectivity index (χ4n) is 5.91. The Hall–Kier alpha value is -3.85. The first-order valence-electron chi connectivity index (χ1n) is 16.3. The van der Waals surface area contributed by atoms with E-state index in [4.69, 9.17) is 28.3 Å². The van der Waals surface area contributed by atoms with E-state index >= 15 is 0 Å². The van der Waals surface area contributed by atoms with Crippen LogP contribution in [0.25, 0.3) is 11.5 Å². The number of amides is 1. The lowest BCUT2D eigenvalue weighted by molar-refractivity contribution is -0.162. The third-order valence-electron chi connectivity index (χ3n) is 8.24. The molecule has 4 rings (SSSR count). The fraction of sp³-hybridized carbons (Fsp3) is 0.541. The van der Waals surface area contributed by atoms with Gasteiger partial charge in [-0.1, -0.05) is 44.4 Å². The number of carbonyl (C=O) groups is 2. The van der Waals surface area contributed by atoms with Gasteiger partial charge in [0.2, 0.25) is 5.89 Å². The van der Waals surface area contributed by atoms with E-state index in [1.807, 2.05) is 66.7 Å². The maximum Gasteiger partial charge on any atom is 0.415 e. The van der Waals surface area contributed by atoms with Crippen molar-refractivity contribution in [3.8, 4) is 23.0 Å². The number of methoxy groups -OCH3 is 1. The van der Waals surface area contributed by atoms with Crippen molar-refractivity contribution in [3.63, 3.8) is 0 Å². The van der Waals surface area contributed by atoms with Crippen LogP contribution in [-0.2, 0) is 20.9 Å². The van der Waals surface area contributed by atoms with Gasteiger partial charge in [0.15, 0.2) is 0 Å². The van der Waals surface area contributed by atoms with Crippen molar-refractivity contribution < 1.29 is 33.0 Å². The normalized spacial score (nSPS) is 17.4. The number of hydrogen-bond acceptors (Lipinski definition) is 8. The second-order valence-electron chi connectivity index (χ2n) is 13.6. The molecule has 1 amide bonds. The Bertz CT molecular complexity index is 1440. The Morgan fingerprint density at radius 2 is 1.76 bits per heavy atom. The molecule has 3 aromatic rings. The van der Waals surface area contributed by atoms with Crippen LogP contribution in [0.2, 0.25) is 0 Å². The number of aromatic nitrogens is 1. The van der Waals surface area contributed by atoms with Crippen LogP contribution < -0.4 is 9.47 Å². The highest BCUT2D eigenvalue weighted by Gasteiger charge is 2.37. The monoisotopic (exact) mass is 634 g/mol. The van der Waals surface area contributed by atoms with Crippen LogP contribution in [0.3, 0.4) is 0 Å². The number of oxazole rings is 1. The number of rotatable bonds is 12. The Kier molecular flexibility index (Phi) is 11.9. The average molecular weight is 635 g/mol. The maximum atomic E-state index is 13.7. The highest BCUT2D eigenvalue weighted by atomic mass is 16.6. The molecule has 0 spiro atoms. The van der Waals surface area contributed by atoms with Gasteiger partial charge in [-0.2, -0.15) is 0 Å². The molecule has 1 saturated carbocycles. The lowest BCUT2D eigenvalue weighted by atomic mass is 9.84. The van der Waals surface area contributed by atoms with Gasteiger partial charge in [0, 0.05) is 12.1 Å². The van der Waals surface area contributed by atoms with Gasteiger partial charge < -0.3 is 23.4 Å².